The molecule has 0 aromatic heterocycles. The molecule has 2 amide bonds. The van der Waals surface area contributed by atoms with Crippen LogP contribution in [0.15, 0.2) is 18.2 Å². The van der Waals surface area contributed by atoms with Gasteiger partial charge in [-0.1, -0.05) is 12.1 Å². The first-order valence-corrected chi connectivity index (χ1v) is 7.01. The summed E-state index contributed by atoms with van der Waals surface area (Å²) in [6, 6.07) is 5.29. The number of hydrogen-bond acceptors (Lipinski definition) is 2. The van der Waals surface area contributed by atoms with Gasteiger partial charge in [0.25, 0.3) is 0 Å². The number of benzene rings is 1. The monoisotopic (exact) mass is 327 g/mol. The summed E-state index contributed by atoms with van der Waals surface area (Å²) in [5, 5.41) is 13.7. The summed E-state index contributed by atoms with van der Waals surface area (Å²) in [4.78, 5) is 11.8. The van der Waals surface area contributed by atoms with Crippen molar-refractivity contribution >= 4 is 6.03 Å². The molecular weight excluding hydrogens is 314 g/mol. The van der Waals surface area contributed by atoms with E-state index in [1.54, 1.807) is 6.07 Å². The summed E-state index contributed by atoms with van der Waals surface area (Å²) in [7, 11) is 0. The average Bonchev–Trinajstić information content (AvgIpc) is 2.38. The fourth-order valence-electron chi connectivity index (χ4n) is 3.48. The molecule has 1 aromatic rings. The minimum Gasteiger partial charge on any atom is -0.334 e. The van der Waals surface area contributed by atoms with Crippen molar-refractivity contribution in [3.8, 4) is 6.07 Å². The van der Waals surface area contributed by atoms with E-state index in [1.165, 1.54) is 18.2 Å². The second-order valence-corrected chi connectivity index (χ2v) is 6.29. The second kappa shape index (κ2) is 4.85. The molecule has 23 heavy (non-hydrogen) atoms. The van der Waals surface area contributed by atoms with Crippen molar-refractivity contribution in [3.63, 3.8) is 0 Å². The number of urea groups is 1. The fourth-order valence-corrected chi connectivity index (χ4v) is 3.48. The Morgan fingerprint density at radius 3 is 2.52 bits per heavy atom. The van der Waals surface area contributed by atoms with Crippen LogP contribution >= 0.6 is 0 Å². The smallest absolute Gasteiger partial charge is 0.334 e. The van der Waals surface area contributed by atoms with Crippen LogP contribution in [0.2, 0.25) is 0 Å². The van der Waals surface area contributed by atoms with E-state index in [1.807, 2.05) is 0 Å². The summed E-state index contributed by atoms with van der Waals surface area (Å²) < 4.78 is 52.0. The Balaban J connectivity index is 1.52. The molecule has 0 saturated heterocycles. The van der Waals surface area contributed by atoms with Crippen LogP contribution in [0.5, 0.6) is 0 Å². The van der Waals surface area contributed by atoms with E-state index in [0.717, 1.165) is 0 Å². The number of halogens is 4. The minimum absolute atomic E-state index is 0.102. The predicted molar refractivity (Wildman–Crippen MR) is 71.6 cm³/mol. The summed E-state index contributed by atoms with van der Waals surface area (Å²) >= 11 is 0. The maximum absolute atomic E-state index is 13.8. The molecule has 3 fully saturated rings. The van der Waals surface area contributed by atoms with Gasteiger partial charge in [0.15, 0.2) is 0 Å². The largest absolute Gasteiger partial charge is 0.394 e. The molecule has 0 aliphatic heterocycles. The standard InChI is InChI=1S/C15H13F4N3O/c16-11-9(4-20)2-1-3-10(11)5-21-12(23)22-14-6-13(7-14,8-14)15(17,18)19/h1-3H,5-8H2,(H2,21,22,23). The van der Waals surface area contributed by atoms with Crippen LogP contribution in [0.25, 0.3) is 0 Å². The number of nitriles is 1. The molecule has 8 heteroatoms. The highest BCUT2D eigenvalue weighted by molar-refractivity contribution is 5.75. The maximum atomic E-state index is 13.8. The lowest BCUT2D eigenvalue weighted by atomic mass is 9.39. The Kier molecular flexibility index (Phi) is 3.29. The van der Waals surface area contributed by atoms with Gasteiger partial charge in [-0.05, 0) is 25.3 Å². The Morgan fingerprint density at radius 1 is 1.30 bits per heavy atom. The molecule has 122 valence electrons. The van der Waals surface area contributed by atoms with Gasteiger partial charge in [-0.15, -0.1) is 0 Å². The average molecular weight is 327 g/mol. The van der Waals surface area contributed by atoms with Crippen molar-refractivity contribution in [3.05, 3.63) is 35.1 Å². The first-order chi connectivity index (χ1) is 10.7. The van der Waals surface area contributed by atoms with E-state index in [0.29, 0.717) is 0 Å². The van der Waals surface area contributed by atoms with E-state index < -0.39 is 29.0 Å². The third-order valence-electron chi connectivity index (χ3n) is 4.65. The quantitative estimate of drug-likeness (QED) is 0.838. The Bertz CT molecular complexity index is 688. The molecule has 1 aromatic carbocycles. The maximum Gasteiger partial charge on any atom is 0.394 e. The molecule has 2 N–H and O–H groups in total. The van der Waals surface area contributed by atoms with Crippen LogP contribution in [0, 0.1) is 22.6 Å². The second-order valence-electron chi connectivity index (χ2n) is 6.29. The summed E-state index contributed by atoms with van der Waals surface area (Å²) in [6.45, 7) is -0.145. The first kappa shape index (κ1) is 15.6. The number of carbonyl (C=O) groups is 1. The molecule has 0 unspecified atom stereocenters. The molecule has 3 aliphatic rings. The molecule has 0 spiro atoms. The zero-order valence-corrected chi connectivity index (χ0v) is 11.9. The van der Waals surface area contributed by atoms with Crippen LogP contribution in [0.1, 0.15) is 30.4 Å². The summed E-state index contributed by atoms with van der Waals surface area (Å²) in [5.41, 5.74) is -2.40. The van der Waals surface area contributed by atoms with Crippen molar-refractivity contribution in [1.82, 2.24) is 10.6 Å². The van der Waals surface area contributed by atoms with Crippen molar-refractivity contribution in [2.24, 2.45) is 5.41 Å². The Labute approximate surface area is 129 Å². The highest BCUT2D eigenvalue weighted by atomic mass is 19.4. The van der Waals surface area contributed by atoms with Gasteiger partial charge in [0, 0.05) is 17.6 Å². The van der Waals surface area contributed by atoms with Gasteiger partial charge < -0.3 is 10.6 Å². The van der Waals surface area contributed by atoms with Crippen LogP contribution in [-0.4, -0.2) is 17.7 Å². The number of amides is 2. The lowest BCUT2D eigenvalue weighted by Gasteiger charge is -2.70. The number of rotatable bonds is 3. The predicted octanol–water partition coefficient (Wildman–Crippen LogP) is 2.98. The van der Waals surface area contributed by atoms with E-state index >= 15 is 0 Å². The van der Waals surface area contributed by atoms with Crippen molar-refractivity contribution < 1.29 is 22.4 Å². The minimum atomic E-state index is -4.23. The number of carbonyl (C=O) groups excluding carboxylic acids is 1. The van der Waals surface area contributed by atoms with Crippen LogP contribution in [0.4, 0.5) is 22.4 Å². The van der Waals surface area contributed by atoms with E-state index in [9.17, 15) is 22.4 Å². The van der Waals surface area contributed by atoms with Crippen LogP contribution in [0.3, 0.4) is 0 Å². The highest BCUT2D eigenvalue weighted by Gasteiger charge is 2.79. The zero-order chi connectivity index (χ0) is 16.9. The first-order valence-electron chi connectivity index (χ1n) is 7.01. The molecule has 3 aliphatic carbocycles. The number of alkyl halides is 3. The highest BCUT2D eigenvalue weighted by Crippen LogP contribution is 2.73. The molecule has 3 saturated carbocycles. The van der Waals surface area contributed by atoms with Gasteiger partial charge >= 0.3 is 12.2 Å². The third-order valence-corrected chi connectivity index (χ3v) is 4.65. The van der Waals surface area contributed by atoms with E-state index in [2.05, 4.69) is 10.6 Å². The van der Waals surface area contributed by atoms with Crippen LogP contribution < -0.4 is 10.6 Å². The molecular formula is C15H13F4N3O. The molecule has 0 heterocycles. The molecule has 0 atom stereocenters. The molecule has 4 rings (SSSR count). The van der Waals surface area contributed by atoms with Gasteiger partial charge in [0.05, 0.1) is 11.0 Å². The lowest BCUT2D eigenvalue weighted by molar-refractivity contribution is -0.336. The van der Waals surface area contributed by atoms with Gasteiger partial charge in [-0.3, -0.25) is 0 Å². The van der Waals surface area contributed by atoms with Gasteiger partial charge in [0.1, 0.15) is 11.9 Å². The number of nitrogens with zero attached hydrogens (tertiary/aromatic N) is 1. The van der Waals surface area contributed by atoms with Crippen LogP contribution in [-0.2, 0) is 6.54 Å². The van der Waals surface area contributed by atoms with Gasteiger partial charge in [0.2, 0.25) is 0 Å². The zero-order valence-electron chi connectivity index (χ0n) is 11.9. The van der Waals surface area contributed by atoms with Crippen molar-refractivity contribution in [2.45, 2.75) is 37.5 Å². The SMILES string of the molecule is N#Cc1cccc(CNC(=O)NC23CC(C(F)(F)F)(C2)C3)c1F. The lowest BCUT2D eigenvalue weighted by Crippen LogP contribution is -2.79. The van der Waals surface area contributed by atoms with Gasteiger partial charge in [-0.2, -0.15) is 18.4 Å². The summed E-state index contributed by atoms with van der Waals surface area (Å²) in [6.07, 6.45) is -4.53. The topological polar surface area (TPSA) is 64.9 Å². The number of hydrogen-bond donors (Lipinski definition) is 2. The third kappa shape index (κ3) is 2.40. The Morgan fingerprint density at radius 2 is 1.96 bits per heavy atom. The van der Waals surface area contributed by atoms with E-state index in [-0.39, 0.29) is 36.9 Å². The normalized spacial score (nSPS) is 28.1. The van der Waals surface area contributed by atoms with Gasteiger partial charge in [-0.25, -0.2) is 9.18 Å². The molecule has 4 nitrogen and oxygen atoms in total. The van der Waals surface area contributed by atoms with Crippen molar-refractivity contribution in [2.75, 3.05) is 0 Å². The Hall–Kier alpha value is -2.30. The summed E-state index contributed by atoms with van der Waals surface area (Å²) in [5.74, 6) is -0.711. The van der Waals surface area contributed by atoms with E-state index in [4.69, 9.17) is 5.26 Å². The van der Waals surface area contributed by atoms with Crippen molar-refractivity contribution in [1.29, 1.82) is 5.26 Å². The molecule has 0 radical (unpaired) electrons. The number of nitrogens with one attached hydrogen (secondary N) is 2. The molecule has 2 bridgehead atoms. The fraction of sp³-hybridized carbons (Fsp3) is 0.467.